The fourth-order valence-electron chi connectivity index (χ4n) is 2.44. The zero-order chi connectivity index (χ0) is 13.8. The Labute approximate surface area is 113 Å². The van der Waals surface area contributed by atoms with Gasteiger partial charge in [0.05, 0.1) is 5.56 Å². The molecule has 0 radical (unpaired) electrons. The highest BCUT2D eigenvalue weighted by Gasteiger charge is 2.13. The Bertz CT molecular complexity index is 468. The van der Waals surface area contributed by atoms with Crippen LogP contribution in [0.15, 0.2) is 12.1 Å². The Kier molecular flexibility index (Phi) is 4.27. The van der Waals surface area contributed by atoms with Gasteiger partial charge in [-0.05, 0) is 50.6 Å². The van der Waals surface area contributed by atoms with Crippen LogP contribution in [0.5, 0.6) is 0 Å². The minimum atomic E-state index is -0.983. The van der Waals surface area contributed by atoms with E-state index in [0.717, 1.165) is 24.3 Å². The van der Waals surface area contributed by atoms with Gasteiger partial charge in [0.2, 0.25) is 0 Å². The lowest BCUT2D eigenvalue weighted by atomic mass is 10.1. The van der Waals surface area contributed by atoms with Crippen molar-refractivity contribution in [1.82, 2.24) is 4.90 Å². The molecule has 1 aromatic carbocycles. The van der Waals surface area contributed by atoms with Crippen LogP contribution in [-0.2, 0) is 0 Å². The number of rotatable bonds is 5. The SMILES string of the molecule is Cc1cc(NCCN2CCCC2)cc(C(=O)O)c1N. The van der Waals surface area contributed by atoms with E-state index in [2.05, 4.69) is 10.2 Å². The van der Waals surface area contributed by atoms with Gasteiger partial charge in [-0.25, -0.2) is 4.79 Å². The molecule has 19 heavy (non-hydrogen) atoms. The quantitative estimate of drug-likeness (QED) is 0.706. The van der Waals surface area contributed by atoms with Gasteiger partial charge in [0, 0.05) is 24.5 Å². The Morgan fingerprint density at radius 2 is 2.11 bits per heavy atom. The van der Waals surface area contributed by atoms with E-state index in [0.29, 0.717) is 5.69 Å². The van der Waals surface area contributed by atoms with Gasteiger partial charge >= 0.3 is 5.97 Å². The van der Waals surface area contributed by atoms with Crippen LogP contribution < -0.4 is 11.1 Å². The molecule has 0 amide bonds. The predicted octanol–water partition coefficient (Wildman–Crippen LogP) is 1.78. The standard InChI is InChI=1S/C14H21N3O2/c1-10-8-11(9-12(13(10)15)14(18)19)16-4-7-17-5-2-3-6-17/h8-9,16H,2-7,15H2,1H3,(H,18,19). The van der Waals surface area contributed by atoms with Crippen LogP contribution >= 0.6 is 0 Å². The molecule has 4 N–H and O–H groups in total. The molecule has 0 unspecified atom stereocenters. The maximum Gasteiger partial charge on any atom is 0.337 e. The van der Waals surface area contributed by atoms with Gasteiger partial charge in [0.1, 0.15) is 0 Å². The first kappa shape index (κ1) is 13.7. The van der Waals surface area contributed by atoms with Crippen molar-refractivity contribution in [3.8, 4) is 0 Å². The number of carbonyl (C=O) groups is 1. The molecule has 1 heterocycles. The first-order valence-electron chi connectivity index (χ1n) is 6.67. The lowest BCUT2D eigenvalue weighted by Crippen LogP contribution is -2.26. The van der Waals surface area contributed by atoms with E-state index < -0.39 is 5.97 Å². The monoisotopic (exact) mass is 263 g/mol. The lowest BCUT2D eigenvalue weighted by molar-refractivity contribution is 0.0698. The molecule has 104 valence electrons. The average molecular weight is 263 g/mol. The van der Waals surface area contributed by atoms with Crippen LogP contribution in [0.25, 0.3) is 0 Å². The van der Waals surface area contributed by atoms with Crippen LogP contribution in [0.1, 0.15) is 28.8 Å². The number of nitrogens with two attached hydrogens (primary N) is 1. The maximum atomic E-state index is 11.1. The van der Waals surface area contributed by atoms with E-state index in [1.165, 1.54) is 25.9 Å². The largest absolute Gasteiger partial charge is 0.478 e. The summed E-state index contributed by atoms with van der Waals surface area (Å²) in [4.78, 5) is 13.5. The highest BCUT2D eigenvalue weighted by atomic mass is 16.4. The second kappa shape index (κ2) is 5.93. The van der Waals surface area contributed by atoms with Gasteiger partial charge in [-0.2, -0.15) is 0 Å². The number of carboxylic acid groups (broad SMARTS) is 1. The van der Waals surface area contributed by atoms with E-state index in [9.17, 15) is 4.79 Å². The summed E-state index contributed by atoms with van der Waals surface area (Å²) in [6.07, 6.45) is 2.56. The van der Waals surface area contributed by atoms with E-state index in [4.69, 9.17) is 10.8 Å². The molecule has 1 fully saturated rings. The Morgan fingerprint density at radius 3 is 2.74 bits per heavy atom. The minimum absolute atomic E-state index is 0.170. The number of carboxylic acids is 1. The van der Waals surface area contributed by atoms with Crippen molar-refractivity contribution in [1.29, 1.82) is 0 Å². The van der Waals surface area contributed by atoms with E-state index in [-0.39, 0.29) is 5.56 Å². The smallest absolute Gasteiger partial charge is 0.337 e. The molecular weight excluding hydrogens is 242 g/mol. The summed E-state index contributed by atoms with van der Waals surface area (Å²) in [5, 5.41) is 12.4. The van der Waals surface area contributed by atoms with E-state index in [1.54, 1.807) is 6.07 Å². The second-order valence-electron chi connectivity index (χ2n) is 5.04. The highest BCUT2D eigenvalue weighted by Crippen LogP contribution is 2.22. The van der Waals surface area contributed by atoms with Crippen molar-refractivity contribution >= 4 is 17.3 Å². The molecule has 0 atom stereocenters. The van der Waals surface area contributed by atoms with Gasteiger partial charge in [-0.15, -0.1) is 0 Å². The highest BCUT2D eigenvalue weighted by molar-refractivity contribution is 5.95. The van der Waals surface area contributed by atoms with E-state index in [1.807, 2.05) is 13.0 Å². The number of hydrogen-bond acceptors (Lipinski definition) is 4. The summed E-state index contributed by atoms with van der Waals surface area (Å²) in [5.74, 6) is -0.983. The molecule has 0 saturated carbocycles. The Morgan fingerprint density at radius 1 is 1.42 bits per heavy atom. The number of nitrogen functional groups attached to an aromatic ring is 1. The number of nitrogens with one attached hydrogen (secondary N) is 1. The van der Waals surface area contributed by atoms with Crippen molar-refractivity contribution in [2.45, 2.75) is 19.8 Å². The third kappa shape index (κ3) is 3.38. The molecule has 0 aliphatic carbocycles. The van der Waals surface area contributed by atoms with Gasteiger partial charge in [0.25, 0.3) is 0 Å². The molecule has 1 saturated heterocycles. The molecule has 2 rings (SSSR count). The van der Waals surface area contributed by atoms with Crippen LogP contribution in [0.3, 0.4) is 0 Å². The molecule has 1 aromatic rings. The number of anilines is 2. The summed E-state index contributed by atoms with van der Waals surface area (Å²) in [5.41, 5.74) is 7.90. The molecule has 5 heteroatoms. The zero-order valence-corrected chi connectivity index (χ0v) is 11.3. The summed E-state index contributed by atoms with van der Waals surface area (Å²) in [6.45, 7) is 5.98. The van der Waals surface area contributed by atoms with Crippen LogP contribution in [0.2, 0.25) is 0 Å². The summed E-state index contributed by atoms with van der Waals surface area (Å²) in [7, 11) is 0. The number of hydrogen-bond donors (Lipinski definition) is 3. The molecule has 0 aromatic heterocycles. The summed E-state index contributed by atoms with van der Waals surface area (Å²) in [6, 6.07) is 3.50. The number of nitrogens with zero attached hydrogens (tertiary/aromatic N) is 1. The van der Waals surface area contributed by atoms with Crippen LogP contribution in [0, 0.1) is 6.92 Å². The van der Waals surface area contributed by atoms with Crippen molar-refractivity contribution in [2.24, 2.45) is 0 Å². The maximum absolute atomic E-state index is 11.1. The van der Waals surface area contributed by atoms with Crippen LogP contribution in [0.4, 0.5) is 11.4 Å². The lowest BCUT2D eigenvalue weighted by Gasteiger charge is -2.16. The first-order chi connectivity index (χ1) is 9.08. The van der Waals surface area contributed by atoms with Crippen molar-refractivity contribution in [3.05, 3.63) is 23.3 Å². The first-order valence-corrected chi connectivity index (χ1v) is 6.67. The predicted molar refractivity (Wildman–Crippen MR) is 76.7 cm³/mol. The van der Waals surface area contributed by atoms with E-state index >= 15 is 0 Å². The molecular formula is C14H21N3O2. The van der Waals surface area contributed by atoms with Crippen molar-refractivity contribution < 1.29 is 9.90 Å². The summed E-state index contributed by atoms with van der Waals surface area (Å²) < 4.78 is 0. The minimum Gasteiger partial charge on any atom is -0.478 e. The van der Waals surface area contributed by atoms with Crippen molar-refractivity contribution in [2.75, 3.05) is 37.2 Å². The third-order valence-corrected chi connectivity index (χ3v) is 3.57. The van der Waals surface area contributed by atoms with Gasteiger partial charge in [-0.3, -0.25) is 0 Å². The van der Waals surface area contributed by atoms with Crippen LogP contribution in [-0.4, -0.2) is 42.2 Å². The zero-order valence-electron chi connectivity index (χ0n) is 11.3. The molecule has 5 nitrogen and oxygen atoms in total. The van der Waals surface area contributed by atoms with Crippen molar-refractivity contribution in [3.63, 3.8) is 0 Å². The van der Waals surface area contributed by atoms with Gasteiger partial charge in [0.15, 0.2) is 0 Å². The second-order valence-corrected chi connectivity index (χ2v) is 5.04. The number of likely N-dealkylation sites (tertiary alicyclic amines) is 1. The van der Waals surface area contributed by atoms with Gasteiger partial charge in [-0.1, -0.05) is 0 Å². The third-order valence-electron chi connectivity index (χ3n) is 3.57. The Balaban J connectivity index is 1.97. The number of benzene rings is 1. The molecule has 0 bridgehead atoms. The van der Waals surface area contributed by atoms with Gasteiger partial charge < -0.3 is 21.1 Å². The normalized spacial score (nSPS) is 15.6. The molecule has 0 spiro atoms. The molecule has 1 aliphatic rings. The number of aromatic carboxylic acids is 1. The molecule has 1 aliphatic heterocycles. The topological polar surface area (TPSA) is 78.6 Å². The fourth-order valence-corrected chi connectivity index (χ4v) is 2.44. The Hall–Kier alpha value is -1.75. The number of aryl methyl sites for hydroxylation is 1. The summed E-state index contributed by atoms with van der Waals surface area (Å²) >= 11 is 0. The average Bonchev–Trinajstić information content (AvgIpc) is 2.86. The fraction of sp³-hybridized carbons (Fsp3) is 0.500.